The monoisotopic (exact) mass is 486 g/mol. The van der Waals surface area contributed by atoms with E-state index in [-0.39, 0.29) is 18.7 Å². The van der Waals surface area contributed by atoms with E-state index >= 15 is 0 Å². The van der Waals surface area contributed by atoms with Gasteiger partial charge in [0.15, 0.2) is 0 Å². The van der Waals surface area contributed by atoms with Crippen molar-refractivity contribution in [2.24, 2.45) is 0 Å². The van der Waals surface area contributed by atoms with E-state index in [9.17, 15) is 18.0 Å². The topological polar surface area (TPSA) is 50.8 Å². The number of nitrogens with zero attached hydrogens (tertiary/aromatic N) is 1. The molecule has 1 saturated heterocycles. The van der Waals surface area contributed by atoms with Gasteiger partial charge in [0, 0.05) is 25.2 Å². The van der Waals surface area contributed by atoms with E-state index in [1.807, 2.05) is 23.1 Å². The molecule has 0 spiro atoms. The van der Waals surface area contributed by atoms with Gasteiger partial charge in [-0.1, -0.05) is 12.1 Å². The molecular weight excluding hydrogens is 465 g/mol. The molecule has 0 radical (unpaired) electrons. The fourth-order valence-corrected chi connectivity index (χ4v) is 3.48. The first kappa shape index (κ1) is 22.4. The molecule has 0 bridgehead atoms. The quantitative estimate of drug-likeness (QED) is 0.553. The number of halogens is 4. The van der Waals surface area contributed by atoms with Crippen LogP contribution in [0.1, 0.15) is 18.4 Å². The van der Waals surface area contributed by atoms with Gasteiger partial charge in [0.25, 0.3) is 0 Å². The number of amides is 1. The van der Waals surface area contributed by atoms with Crippen molar-refractivity contribution in [2.75, 3.05) is 43.1 Å². The molecule has 2 aromatic rings. The van der Waals surface area contributed by atoms with E-state index in [1.165, 1.54) is 6.07 Å². The zero-order valence-corrected chi connectivity index (χ0v) is 17.8. The molecular formula is C21H22BrF3N2O3. The van der Waals surface area contributed by atoms with Gasteiger partial charge in [-0.25, -0.2) is 0 Å². The van der Waals surface area contributed by atoms with Crippen molar-refractivity contribution in [3.8, 4) is 5.75 Å². The van der Waals surface area contributed by atoms with Crippen molar-refractivity contribution in [1.82, 2.24) is 0 Å². The van der Waals surface area contributed by atoms with Crippen molar-refractivity contribution in [2.45, 2.75) is 19.0 Å². The second-order valence-electron chi connectivity index (χ2n) is 6.76. The number of morpholine rings is 1. The zero-order valence-electron chi connectivity index (χ0n) is 16.2. The van der Waals surface area contributed by atoms with E-state index in [4.69, 9.17) is 9.47 Å². The Morgan fingerprint density at radius 1 is 1.17 bits per heavy atom. The molecule has 0 atom stereocenters. The predicted molar refractivity (Wildman–Crippen MR) is 112 cm³/mol. The van der Waals surface area contributed by atoms with E-state index in [2.05, 4.69) is 21.2 Å². The summed E-state index contributed by atoms with van der Waals surface area (Å²) in [6.45, 7) is 2.28. The fourth-order valence-electron chi connectivity index (χ4n) is 3.08. The third-order valence-corrected chi connectivity index (χ3v) is 5.26. The van der Waals surface area contributed by atoms with E-state index in [0.29, 0.717) is 44.2 Å². The average molecular weight is 487 g/mol. The highest BCUT2D eigenvalue weighted by Gasteiger charge is 2.34. The van der Waals surface area contributed by atoms with Gasteiger partial charge in [0.2, 0.25) is 5.91 Å². The van der Waals surface area contributed by atoms with Crippen LogP contribution in [0, 0.1) is 0 Å². The first-order chi connectivity index (χ1) is 14.3. The van der Waals surface area contributed by atoms with Gasteiger partial charge in [0.05, 0.1) is 35.5 Å². The van der Waals surface area contributed by atoms with Crippen LogP contribution in [0.25, 0.3) is 0 Å². The average Bonchev–Trinajstić information content (AvgIpc) is 2.72. The Balaban J connectivity index is 1.59. The Labute approximate surface area is 181 Å². The smallest absolute Gasteiger partial charge is 0.418 e. The van der Waals surface area contributed by atoms with Crippen LogP contribution in [-0.4, -0.2) is 38.8 Å². The first-order valence-corrected chi connectivity index (χ1v) is 10.3. The van der Waals surface area contributed by atoms with Crippen LogP contribution in [0.15, 0.2) is 46.9 Å². The van der Waals surface area contributed by atoms with E-state index in [0.717, 1.165) is 10.5 Å². The molecule has 0 saturated carbocycles. The zero-order chi connectivity index (χ0) is 21.6. The standard InChI is InChI=1S/C21H22BrF3N2O3/c22-17-4-1-2-5-19(17)30-11-3-6-20(28)26-18-8-7-15(14-16(18)21(23,24)25)27-9-12-29-13-10-27/h1-2,4-5,7-8,14H,3,6,9-13H2,(H,26,28). The van der Waals surface area contributed by atoms with Crippen LogP contribution in [-0.2, 0) is 15.7 Å². The van der Waals surface area contributed by atoms with Gasteiger partial charge in [-0.3, -0.25) is 4.79 Å². The normalized spacial score (nSPS) is 14.5. The second kappa shape index (κ2) is 10.2. The Kier molecular flexibility index (Phi) is 7.60. The van der Waals surface area contributed by atoms with Crippen LogP contribution >= 0.6 is 15.9 Å². The molecule has 0 unspecified atom stereocenters. The van der Waals surface area contributed by atoms with Crippen molar-refractivity contribution in [1.29, 1.82) is 0 Å². The third kappa shape index (κ3) is 6.12. The Bertz CT molecular complexity index is 871. The summed E-state index contributed by atoms with van der Waals surface area (Å²) in [6, 6.07) is 11.3. The summed E-state index contributed by atoms with van der Waals surface area (Å²) in [5.41, 5.74) is -0.633. The molecule has 9 heteroatoms. The lowest BCUT2D eigenvalue weighted by Gasteiger charge is -2.29. The number of hydrogen-bond acceptors (Lipinski definition) is 4. The molecule has 1 heterocycles. The minimum absolute atomic E-state index is 0.0486. The lowest BCUT2D eigenvalue weighted by atomic mass is 10.1. The number of alkyl halides is 3. The van der Waals surface area contributed by atoms with Gasteiger partial charge < -0.3 is 19.7 Å². The Morgan fingerprint density at radius 2 is 1.90 bits per heavy atom. The van der Waals surface area contributed by atoms with Gasteiger partial charge in [-0.05, 0) is 52.7 Å². The van der Waals surface area contributed by atoms with E-state index in [1.54, 1.807) is 12.1 Å². The Hall–Kier alpha value is -2.26. The maximum absolute atomic E-state index is 13.6. The molecule has 162 valence electrons. The number of ether oxygens (including phenoxy) is 2. The number of carbonyl (C=O) groups excluding carboxylic acids is 1. The second-order valence-corrected chi connectivity index (χ2v) is 7.61. The van der Waals surface area contributed by atoms with Gasteiger partial charge >= 0.3 is 6.18 Å². The molecule has 1 amide bonds. The lowest BCUT2D eigenvalue weighted by molar-refractivity contribution is -0.136. The molecule has 3 rings (SSSR count). The SMILES string of the molecule is O=C(CCCOc1ccccc1Br)Nc1ccc(N2CCOCC2)cc1C(F)(F)F. The lowest BCUT2D eigenvalue weighted by Crippen LogP contribution is -2.36. The largest absolute Gasteiger partial charge is 0.492 e. The van der Waals surface area contributed by atoms with Crippen molar-refractivity contribution >= 4 is 33.2 Å². The number of nitrogens with one attached hydrogen (secondary N) is 1. The van der Waals surface area contributed by atoms with Crippen molar-refractivity contribution in [3.05, 3.63) is 52.5 Å². The summed E-state index contributed by atoms with van der Waals surface area (Å²) in [5, 5.41) is 2.39. The van der Waals surface area contributed by atoms with Crippen LogP contribution in [0.4, 0.5) is 24.5 Å². The van der Waals surface area contributed by atoms with Crippen molar-refractivity contribution in [3.63, 3.8) is 0 Å². The first-order valence-electron chi connectivity index (χ1n) is 9.56. The van der Waals surface area contributed by atoms with Crippen LogP contribution in [0.2, 0.25) is 0 Å². The van der Waals surface area contributed by atoms with Gasteiger partial charge in [-0.15, -0.1) is 0 Å². The third-order valence-electron chi connectivity index (χ3n) is 4.60. The minimum atomic E-state index is -4.58. The van der Waals surface area contributed by atoms with Crippen LogP contribution in [0.3, 0.4) is 0 Å². The number of benzene rings is 2. The molecule has 0 aliphatic carbocycles. The Morgan fingerprint density at radius 3 is 2.60 bits per heavy atom. The molecule has 0 aromatic heterocycles. The highest BCUT2D eigenvalue weighted by molar-refractivity contribution is 9.10. The summed E-state index contributed by atoms with van der Waals surface area (Å²) < 4.78 is 52.3. The fraction of sp³-hybridized carbons (Fsp3) is 0.381. The van der Waals surface area contributed by atoms with Crippen LogP contribution < -0.4 is 15.0 Å². The summed E-state index contributed by atoms with van der Waals surface area (Å²) in [7, 11) is 0. The highest BCUT2D eigenvalue weighted by Crippen LogP contribution is 2.37. The molecule has 1 aliphatic rings. The number of hydrogen-bond donors (Lipinski definition) is 1. The maximum atomic E-state index is 13.6. The number of anilines is 2. The van der Waals surface area contributed by atoms with Gasteiger partial charge in [-0.2, -0.15) is 13.2 Å². The number of para-hydroxylation sites is 1. The summed E-state index contributed by atoms with van der Waals surface area (Å²) in [5.74, 6) is 0.159. The minimum Gasteiger partial charge on any atom is -0.492 e. The molecule has 1 N–H and O–H groups in total. The van der Waals surface area contributed by atoms with Crippen molar-refractivity contribution < 1.29 is 27.4 Å². The number of carbonyl (C=O) groups is 1. The maximum Gasteiger partial charge on any atom is 0.418 e. The molecule has 5 nitrogen and oxygen atoms in total. The van der Waals surface area contributed by atoms with Gasteiger partial charge in [0.1, 0.15) is 5.75 Å². The summed E-state index contributed by atoms with van der Waals surface area (Å²) in [6.07, 6.45) is -4.15. The molecule has 30 heavy (non-hydrogen) atoms. The molecule has 2 aromatic carbocycles. The molecule has 1 fully saturated rings. The summed E-state index contributed by atoms with van der Waals surface area (Å²) >= 11 is 3.36. The summed E-state index contributed by atoms with van der Waals surface area (Å²) in [4.78, 5) is 14.0. The predicted octanol–water partition coefficient (Wildman–Crippen LogP) is 5.10. The number of rotatable bonds is 7. The highest BCUT2D eigenvalue weighted by atomic mass is 79.9. The van der Waals surface area contributed by atoms with Crippen LogP contribution in [0.5, 0.6) is 5.75 Å². The van der Waals surface area contributed by atoms with E-state index < -0.39 is 17.6 Å². The molecule has 1 aliphatic heterocycles.